The Balaban J connectivity index is 1.63. The van der Waals surface area contributed by atoms with E-state index in [9.17, 15) is 9.59 Å². The van der Waals surface area contributed by atoms with Crippen molar-refractivity contribution >= 4 is 28.6 Å². The fourth-order valence-electron chi connectivity index (χ4n) is 2.70. The number of benzene rings is 1. The van der Waals surface area contributed by atoms with Crippen LogP contribution in [0.4, 0.5) is 0 Å². The molecule has 3 rings (SSSR count). The minimum Gasteiger partial charge on any atom is -0.350 e. The van der Waals surface area contributed by atoms with Crippen molar-refractivity contribution in [2.24, 2.45) is 5.10 Å². The third-order valence-electron chi connectivity index (χ3n) is 3.85. The van der Waals surface area contributed by atoms with E-state index in [1.807, 2.05) is 24.3 Å². The molecular formula is C16H19N5O2. The number of para-hydroxylation sites is 2. The Bertz CT molecular complexity index is 778. The van der Waals surface area contributed by atoms with Crippen molar-refractivity contribution in [3.8, 4) is 0 Å². The van der Waals surface area contributed by atoms with E-state index in [0.29, 0.717) is 31.5 Å². The first-order valence-corrected chi connectivity index (χ1v) is 7.76. The molecule has 2 heterocycles. The maximum Gasteiger partial charge on any atom is 0.267 e. The van der Waals surface area contributed by atoms with Gasteiger partial charge in [0.2, 0.25) is 5.91 Å². The van der Waals surface area contributed by atoms with Crippen LogP contribution in [-0.2, 0) is 22.6 Å². The average Bonchev–Trinajstić information content (AvgIpc) is 2.92. The lowest BCUT2D eigenvalue weighted by atomic mass is 10.1. The van der Waals surface area contributed by atoms with Gasteiger partial charge in [-0.05, 0) is 19.1 Å². The second-order valence-electron chi connectivity index (χ2n) is 5.36. The van der Waals surface area contributed by atoms with E-state index < -0.39 is 0 Å². The first-order valence-electron chi connectivity index (χ1n) is 7.76. The number of carbonyl (C=O) groups excluding carboxylic acids is 2. The van der Waals surface area contributed by atoms with E-state index in [1.165, 1.54) is 0 Å². The molecule has 0 fully saturated rings. The SMILES string of the molecule is CCn1c(CCNC(=O)C2=NNC(=O)CC2)nc2ccccc21. The summed E-state index contributed by atoms with van der Waals surface area (Å²) in [5.74, 6) is 0.565. The number of aryl methyl sites for hydroxylation is 1. The van der Waals surface area contributed by atoms with Gasteiger partial charge in [0, 0.05) is 32.4 Å². The maximum absolute atomic E-state index is 12.0. The minimum absolute atomic E-state index is 0.154. The van der Waals surface area contributed by atoms with E-state index in [1.54, 1.807) is 0 Å². The van der Waals surface area contributed by atoms with Crippen molar-refractivity contribution < 1.29 is 9.59 Å². The summed E-state index contributed by atoms with van der Waals surface area (Å²) in [5, 5.41) is 6.63. The molecule has 0 radical (unpaired) electrons. The first-order chi connectivity index (χ1) is 11.2. The molecule has 7 nitrogen and oxygen atoms in total. The number of rotatable bonds is 5. The Labute approximate surface area is 133 Å². The Morgan fingerprint density at radius 2 is 2.17 bits per heavy atom. The predicted molar refractivity (Wildman–Crippen MR) is 86.9 cm³/mol. The first kappa shape index (κ1) is 15.2. The topological polar surface area (TPSA) is 88.4 Å². The second-order valence-corrected chi connectivity index (χ2v) is 5.36. The standard InChI is InChI=1S/C16H19N5O2/c1-2-21-13-6-4-3-5-11(13)18-14(21)9-10-17-16(23)12-7-8-15(22)20-19-12/h3-6H,2,7-10H2,1H3,(H,17,23)(H,20,22). The number of aromatic nitrogens is 2. The van der Waals surface area contributed by atoms with E-state index in [2.05, 4.69) is 32.3 Å². The van der Waals surface area contributed by atoms with Gasteiger partial charge in [-0.15, -0.1) is 0 Å². The van der Waals surface area contributed by atoms with E-state index in [-0.39, 0.29) is 11.8 Å². The van der Waals surface area contributed by atoms with Gasteiger partial charge < -0.3 is 9.88 Å². The monoisotopic (exact) mass is 313 g/mol. The van der Waals surface area contributed by atoms with Crippen LogP contribution < -0.4 is 10.7 Å². The van der Waals surface area contributed by atoms with Crippen molar-refractivity contribution in [3.05, 3.63) is 30.1 Å². The van der Waals surface area contributed by atoms with E-state index in [4.69, 9.17) is 0 Å². The highest BCUT2D eigenvalue weighted by molar-refractivity contribution is 6.39. The fourth-order valence-corrected chi connectivity index (χ4v) is 2.70. The zero-order chi connectivity index (χ0) is 16.2. The molecule has 120 valence electrons. The fraction of sp³-hybridized carbons (Fsp3) is 0.375. The molecular weight excluding hydrogens is 294 g/mol. The van der Waals surface area contributed by atoms with Gasteiger partial charge in [-0.2, -0.15) is 5.10 Å². The van der Waals surface area contributed by atoms with Crippen molar-refractivity contribution in [2.75, 3.05) is 6.54 Å². The van der Waals surface area contributed by atoms with Crippen LogP contribution in [0, 0.1) is 0 Å². The predicted octanol–water partition coefficient (Wildman–Crippen LogP) is 0.981. The molecule has 0 saturated carbocycles. The smallest absolute Gasteiger partial charge is 0.267 e. The quantitative estimate of drug-likeness (QED) is 0.862. The van der Waals surface area contributed by atoms with Gasteiger partial charge in [0.05, 0.1) is 11.0 Å². The highest BCUT2D eigenvalue weighted by atomic mass is 16.2. The Hall–Kier alpha value is -2.70. The number of nitrogens with zero attached hydrogens (tertiary/aromatic N) is 3. The van der Waals surface area contributed by atoms with Crippen LogP contribution in [0.1, 0.15) is 25.6 Å². The van der Waals surface area contributed by atoms with Crippen molar-refractivity contribution in [1.29, 1.82) is 0 Å². The number of amides is 2. The Morgan fingerprint density at radius 1 is 1.35 bits per heavy atom. The number of imidazole rings is 1. The highest BCUT2D eigenvalue weighted by Gasteiger charge is 2.18. The lowest BCUT2D eigenvalue weighted by Crippen LogP contribution is -2.37. The van der Waals surface area contributed by atoms with Crippen molar-refractivity contribution in [1.82, 2.24) is 20.3 Å². The second kappa shape index (κ2) is 6.60. The molecule has 1 aliphatic heterocycles. The summed E-state index contributed by atoms with van der Waals surface area (Å²) >= 11 is 0. The van der Waals surface area contributed by atoms with Crippen LogP contribution in [0.3, 0.4) is 0 Å². The van der Waals surface area contributed by atoms with E-state index >= 15 is 0 Å². The van der Waals surface area contributed by atoms with Gasteiger partial charge in [-0.3, -0.25) is 9.59 Å². The number of hydrogen-bond acceptors (Lipinski definition) is 4. The Morgan fingerprint density at radius 3 is 2.91 bits per heavy atom. The lowest BCUT2D eigenvalue weighted by molar-refractivity contribution is -0.121. The minimum atomic E-state index is -0.232. The van der Waals surface area contributed by atoms with Crippen LogP contribution in [0.2, 0.25) is 0 Å². The zero-order valence-electron chi connectivity index (χ0n) is 13.0. The lowest BCUT2D eigenvalue weighted by Gasteiger charge is -2.12. The molecule has 0 unspecified atom stereocenters. The summed E-state index contributed by atoms with van der Waals surface area (Å²) in [5.41, 5.74) is 4.77. The summed E-state index contributed by atoms with van der Waals surface area (Å²) in [6.07, 6.45) is 1.33. The summed E-state index contributed by atoms with van der Waals surface area (Å²) < 4.78 is 2.15. The molecule has 0 spiro atoms. The number of hydrogen-bond donors (Lipinski definition) is 2. The number of hydrazone groups is 1. The van der Waals surface area contributed by atoms with Gasteiger partial charge in [-0.1, -0.05) is 12.1 Å². The molecule has 2 aromatic rings. The molecule has 23 heavy (non-hydrogen) atoms. The van der Waals surface area contributed by atoms with E-state index in [0.717, 1.165) is 23.4 Å². The van der Waals surface area contributed by atoms with Gasteiger partial charge in [0.15, 0.2) is 0 Å². The average molecular weight is 313 g/mol. The van der Waals surface area contributed by atoms with Gasteiger partial charge >= 0.3 is 0 Å². The molecule has 1 aliphatic rings. The molecule has 7 heteroatoms. The molecule has 1 aromatic carbocycles. The molecule has 2 N–H and O–H groups in total. The van der Waals surface area contributed by atoms with Gasteiger partial charge in [-0.25, -0.2) is 10.4 Å². The number of nitrogens with one attached hydrogen (secondary N) is 2. The molecule has 0 aliphatic carbocycles. The molecule has 0 bridgehead atoms. The van der Waals surface area contributed by atoms with Crippen LogP contribution in [0.25, 0.3) is 11.0 Å². The van der Waals surface area contributed by atoms with Crippen LogP contribution >= 0.6 is 0 Å². The molecule has 2 amide bonds. The number of carbonyl (C=O) groups is 2. The van der Waals surface area contributed by atoms with Crippen LogP contribution in [0.15, 0.2) is 29.4 Å². The molecule has 0 saturated heterocycles. The third kappa shape index (κ3) is 3.23. The summed E-state index contributed by atoms with van der Waals surface area (Å²) in [7, 11) is 0. The molecule has 1 aromatic heterocycles. The summed E-state index contributed by atoms with van der Waals surface area (Å²) in [6.45, 7) is 3.40. The Kier molecular flexibility index (Phi) is 4.36. The maximum atomic E-state index is 12.0. The third-order valence-corrected chi connectivity index (χ3v) is 3.85. The largest absolute Gasteiger partial charge is 0.350 e. The zero-order valence-corrected chi connectivity index (χ0v) is 13.0. The van der Waals surface area contributed by atoms with Crippen LogP contribution in [-0.4, -0.2) is 33.6 Å². The molecule has 0 atom stereocenters. The highest BCUT2D eigenvalue weighted by Crippen LogP contribution is 2.16. The van der Waals surface area contributed by atoms with Crippen LogP contribution in [0.5, 0.6) is 0 Å². The summed E-state index contributed by atoms with van der Waals surface area (Å²) in [4.78, 5) is 27.7. The summed E-state index contributed by atoms with van der Waals surface area (Å²) in [6, 6.07) is 8.00. The normalized spacial score (nSPS) is 14.5. The van der Waals surface area contributed by atoms with Crippen molar-refractivity contribution in [3.63, 3.8) is 0 Å². The van der Waals surface area contributed by atoms with Crippen molar-refractivity contribution in [2.45, 2.75) is 32.7 Å². The number of fused-ring (bicyclic) bond motifs is 1. The van der Waals surface area contributed by atoms with Gasteiger partial charge in [0.1, 0.15) is 11.5 Å². The van der Waals surface area contributed by atoms with Gasteiger partial charge in [0.25, 0.3) is 5.91 Å².